The smallest absolute Gasteiger partial charge is 0.387 e. The number of thioether (sulfide) groups is 1. The summed E-state index contributed by atoms with van der Waals surface area (Å²) in [5, 5.41) is 0.957. The van der Waals surface area contributed by atoms with Gasteiger partial charge in [0, 0.05) is 15.5 Å². The molecule has 36 heavy (non-hydrogen) atoms. The van der Waals surface area contributed by atoms with E-state index in [-0.39, 0.29) is 17.1 Å². The quantitative estimate of drug-likeness (QED) is 0.143. The summed E-state index contributed by atoms with van der Waals surface area (Å²) in [5.41, 5.74) is 1.79. The lowest BCUT2D eigenvalue weighted by Crippen LogP contribution is -2.24. The Labute approximate surface area is 219 Å². The summed E-state index contributed by atoms with van der Waals surface area (Å²) in [4.78, 5) is 33.6. The minimum absolute atomic E-state index is 0.00997. The van der Waals surface area contributed by atoms with Crippen molar-refractivity contribution >= 4 is 50.7 Å². The predicted octanol–water partition coefficient (Wildman–Crippen LogP) is 6.94. The summed E-state index contributed by atoms with van der Waals surface area (Å²) >= 11 is 8.68. The number of hydrogen-bond acceptors (Lipinski definition) is 6. The first-order chi connectivity index (χ1) is 17.3. The van der Waals surface area contributed by atoms with Crippen LogP contribution >= 0.6 is 34.7 Å². The van der Waals surface area contributed by atoms with Gasteiger partial charge in [-0.25, -0.2) is 4.98 Å². The second-order valence-corrected chi connectivity index (χ2v) is 11.3. The number of nitrogens with zero attached hydrogens (tertiary/aromatic N) is 2. The molecule has 0 spiro atoms. The Balaban J connectivity index is 1.60. The number of benzene rings is 2. The second kappa shape index (κ2) is 10.3. The molecule has 10 heteroatoms. The molecule has 0 bridgehead atoms. The van der Waals surface area contributed by atoms with E-state index in [2.05, 4.69) is 4.74 Å². The minimum atomic E-state index is -2.94. The molecule has 1 atom stereocenters. The van der Waals surface area contributed by atoms with Crippen LogP contribution in [0.3, 0.4) is 0 Å². The van der Waals surface area contributed by atoms with Crippen molar-refractivity contribution in [2.24, 2.45) is 0 Å². The summed E-state index contributed by atoms with van der Waals surface area (Å²) < 4.78 is 31.2. The first-order valence-electron chi connectivity index (χ1n) is 11.4. The van der Waals surface area contributed by atoms with Gasteiger partial charge in [-0.1, -0.05) is 23.4 Å². The Morgan fingerprint density at radius 1 is 1.11 bits per heavy atom. The third kappa shape index (κ3) is 4.92. The van der Waals surface area contributed by atoms with Crippen LogP contribution in [0.4, 0.5) is 8.78 Å². The van der Waals surface area contributed by atoms with Crippen molar-refractivity contribution in [1.29, 1.82) is 0 Å². The molecule has 0 N–H and O–H groups in total. The van der Waals surface area contributed by atoms with E-state index in [0.29, 0.717) is 31.6 Å². The van der Waals surface area contributed by atoms with Crippen molar-refractivity contribution in [3.8, 4) is 11.4 Å². The maximum atomic E-state index is 13.9. The number of ketones is 1. The number of fused-ring (bicyclic) bond motifs is 3. The maximum absolute atomic E-state index is 13.9. The van der Waals surface area contributed by atoms with Crippen LogP contribution in [0, 0.1) is 0 Å². The summed E-state index contributed by atoms with van der Waals surface area (Å²) in [5.74, 6) is -0.132. The van der Waals surface area contributed by atoms with E-state index in [1.807, 2.05) is 0 Å². The highest BCUT2D eigenvalue weighted by Crippen LogP contribution is 2.36. The van der Waals surface area contributed by atoms with Crippen LogP contribution in [0.5, 0.6) is 5.75 Å². The zero-order valence-electron chi connectivity index (χ0n) is 19.2. The van der Waals surface area contributed by atoms with E-state index in [9.17, 15) is 18.4 Å². The van der Waals surface area contributed by atoms with Gasteiger partial charge in [-0.05, 0) is 86.7 Å². The number of Topliss-reactive ketones (excluding diaryl/α,β-unsaturated/α-hetero) is 1. The molecular weight excluding hydrogens is 526 g/mol. The third-order valence-electron chi connectivity index (χ3n) is 6.06. The average molecular weight is 547 g/mol. The Morgan fingerprint density at radius 2 is 1.81 bits per heavy atom. The van der Waals surface area contributed by atoms with Crippen LogP contribution in [0.15, 0.2) is 58.5 Å². The SMILES string of the molecule is C[C@@H](Sc1nc2sc3c(c2c(=O)n1-c1ccc(OC(F)F)cc1)CCCC3)C(=O)c1ccc(Cl)cc1. The standard InChI is InChI=1S/C26H21ClF2N2O3S2/c1-14(22(32)15-6-8-16(27)9-7-15)35-26-30-23-21(19-4-2-3-5-20(19)36-23)24(33)31(26)17-10-12-18(13-11-17)34-25(28)29/h6-14,25H,2-5H2,1H3/t14-/m1/s1. The number of alkyl halides is 2. The Bertz CT molecular complexity index is 1480. The Hall–Kier alpha value is -2.75. The van der Waals surface area contributed by atoms with Gasteiger partial charge in [0.1, 0.15) is 10.6 Å². The highest BCUT2D eigenvalue weighted by atomic mass is 35.5. The maximum Gasteiger partial charge on any atom is 0.387 e. The number of aromatic nitrogens is 2. The van der Waals surface area contributed by atoms with Crippen LogP contribution in [0.2, 0.25) is 5.02 Å². The van der Waals surface area contributed by atoms with Crippen molar-refractivity contribution in [3.05, 3.63) is 79.9 Å². The van der Waals surface area contributed by atoms with Crippen LogP contribution < -0.4 is 10.3 Å². The van der Waals surface area contributed by atoms with Crippen LogP contribution in [-0.2, 0) is 12.8 Å². The third-order valence-corrected chi connectivity index (χ3v) is 8.55. The van der Waals surface area contributed by atoms with E-state index in [1.54, 1.807) is 43.3 Å². The average Bonchev–Trinajstić information content (AvgIpc) is 3.23. The number of carbonyl (C=O) groups is 1. The van der Waals surface area contributed by atoms with Gasteiger partial charge in [-0.15, -0.1) is 11.3 Å². The number of thiophene rings is 1. The van der Waals surface area contributed by atoms with Crippen molar-refractivity contribution in [2.75, 3.05) is 0 Å². The van der Waals surface area contributed by atoms with Crippen LogP contribution in [0.25, 0.3) is 15.9 Å². The molecule has 0 radical (unpaired) electrons. The van der Waals surface area contributed by atoms with Gasteiger partial charge in [-0.2, -0.15) is 8.78 Å². The van der Waals surface area contributed by atoms with E-state index in [0.717, 1.165) is 31.2 Å². The largest absolute Gasteiger partial charge is 0.435 e. The fourth-order valence-corrected chi connectivity index (χ4v) is 6.76. The molecule has 1 aliphatic rings. The molecule has 0 saturated heterocycles. The predicted molar refractivity (Wildman–Crippen MR) is 140 cm³/mol. The molecule has 0 unspecified atom stereocenters. The lowest BCUT2D eigenvalue weighted by atomic mass is 9.97. The fraction of sp³-hybridized carbons (Fsp3) is 0.269. The molecular formula is C26H21ClF2N2O3S2. The zero-order valence-corrected chi connectivity index (χ0v) is 21.6. The molecule has 5 nitrogen and oxygen atoms in total. The second-order valence-electron chi connectivity index (χ2n) is 8.43. The normalized spacial score (nSPS) is 14.1. The van der Waals surface area contributed by atoms with E-state index in [1.165, 1.54) is 44.7 Å². The number of carbonyl (C=O) groups excluding carboxylic acids is 1. The van der Waals surface area contributed by atoms with Crippen molar-refractivity contribution in [2.45, 2.75) is 49.6 Å². The van der Waals surface area contributed by atoms with E-state index < -0.39 is 11.9 Å². The highest BCUT2D eigenvalue weighted by Gasteiger charge is 2.25. The molecule has 186 valence electrons. The van der Waals surface area contributed by atoms with Gasteiger partial charge in [0.2, 0.25) is 0 Å². The van der Waals surface area contributed by atoms with Gasteiger partial charge in [0.05, 0.1) is 16.3 Å². The molecule has 2 heterocycles. The number of hydrogen-bond donors (Lipinski definition) is 0. The van der Waals surface area contributed by atoms with Crippen LogP contribution in [-0.4, -0.2) is 27.2 Å². The monoisotopic (exact) mass is 546 g/mol. The Kier molecular flexibility index (Phi) is 7.14. The number of halogens is 3. The van der Waals surface area contributed by atoms with Gasteiger partial charge in [-0.3, -0.25) is 14.2 Å². The molecule has 2 aromatic heterocycles. The number of aryl methyl sites for hydroxylation is 2. The van der Waals surface area contributed by atoms with Crippen LogP contribution in [0.1, 0.15) is 40.6 Å². The van der Waals surface area contributed by atoms with E-state index in [4.69, 9.17) is 16.6 Å². The molecule has 0 amide bonds. The number of rotatable bonds is 7. The van der Waals surface area contributed by atoms with E-state index >= 15 is 0 Å². The zero-order chi connectivity index (χ0) is 25.4. The lowest BCUT2D eigenvalue weighted by Gasteiger charge is -2.16. The molecule has 0 aliphatic heterocycles. The fourth-order valence-electron chi connectivity index (χ4n) is 4.33. The van der Waals surface area contributed by atoms with Gasteiger partial charge in [0.15, 0.2) is 10.9 Å². The molecule has 0 saturated carbocycles. The van der Waals surface area contributed by atoms with Crippen molar-refractivity contribution in [1.82, 2.24) is 9.55 Å². The number of ether oxygens (including phenoxy) is 1. The molecule has 5 rings (SSSR count). The van der Waals surface area contributed by atoms with Crippen molar-refractivity contribution < 1.29 is 18.3 Å². The molecule has 1 aliphatic carbocycles. The highest BCUT2D eigenvalue weighted by molar-refractivity contribution is 8.00. The van der Waals surface area contributed by atoms with Gasteiger partial charge >= 0.3 is 6.61 Å². The molecule has 0 fully saturated rings. The summed E-state index contributed by atoms with van der Waals surface area (Å²) in [6, 6.07) is 12.5. The first kappa shape index (κ1) is 24.9. The van der Waals surface area contributed by atoms with Gasteiger partial charge < -0.3 is 4.74 Å². The lowest BCUT2D eigenvalue weighted by molar-refractivity contribution is -0.0498. The van der Waals surface area contributed by atoms with Gasteiger partial charge in [0.25, 0.3) is 5.56 Å². The topological polar surface area (TPSA) is 61.2 Å². The summed E-state index contributed by atoms with van der Waals surface area (Å²) in [6.45, 7) is -1.18. The molecule has 2 aromatic carbocycles. The summed E-state index contributed by atoms with van der Waals surface area (Å²) in [7, 11) is 0. The van der Waals surface area contributed by atoms with Crippen molar-refractivity contribution in [3.63, 3.8) is 0 Å². The first-order valence-corrected chi connectivity index (χ1v) is 13.5. The molecule has 4 aromatic rings. The summed E-state index contributed by atoms with van der Waals surface area (Å²) in [6.07, 6.45) is 3.84. The Morgan fingerprint density at radius 3 is 2.50 bits per heavy atom. The minimum Gasteiger partial charge on any atom is -0.435 e.